The molecule has 0 bridgehead atoms. The van der Waals surface area contributed by atoms with Gasteiger partial charge in [-0.25, -0.2) is 0 Å². The Balaban J connectivity index is 2.36. The maximum atomic E-state index is 5.65. The van der Waals surface area contributed by atoms with Crippen LogP contribution in [-0.2, 0) is 6.54 Å². The van der Waals surface area contributed by atoms with Crippen molar-refractivity contribution < 1.29 is 4.42 Å². The van der Waals surface area contributed by atoms with Gasteiger partial charge < -0.3 is 13.9 Å². The van der Waals surface area contributed by atoms with E-state index in [0.717, 1.165) is 23.7 Å². The lowest BCUT2D eigenvalue weighted by molar-refractivity contribution is 0.485. The molecule has 1 aromatic heterocycles. The third kappa shape index (κ3) is 2.80. The van der Waals surface area contributed by atoms with Crippen molar-refractivity contribution in [3.8, 4) is 0 Å². The number of hydrogen-bond donors (Lipinski definition) is 0. The van der Waals surface area contributed by atoms with E-state index >= 15 is 0 Å². The summed E-state index contributed by atoms with van der Waals surface area (Å²) in [5.41, 5.74) is 3.38. The van der Waals surface area contributed by atoms with Crippen LogP contribution in [0.2, 0.25) is 0 Å². The zero-order chi connectivity index (χ0) is 14.9. The fourth-order valence-corrected chi connectivity index (χ4v) is 2.96. The number of nitrogens with zero attached hydrogens (tertiary/aromatic N) is 2. The molecule has 1 atom stereocenters. The molecule has 0 N–H and O–H groups in total. The molecule has 0 fully saturated rings. The van der Waals surface area contributed by atoms with Gasteiger partial charge in [-0.15, -0.1) is 0 Å². The summed E-state index contributed by atoms with van der Waals surface area (Å²) >= 11 is 5.21. The standard InChI is InChI=1S/C16H22N2OS/c1-6-18-12(3)15(19-16(18)20)10-13-7-8-14(17(4)5)11(2)9-13/h8-10,13H,3,6-7H2,1-2,4-5H3/b15-10+. The van der Waals surface area contributed by atoms with Crippen LogP contribution in [-0.4, -0.2) is 23.6 Å². The summed E-state index contributed by atoms with van der Waals surface area (Å²) in [4.78, 5) is 2.65. The molecule has 0 aliphatic heterocycles. The van der Waals surface area contributed by atoms with E-state index in [0.29, 0.717) is 10.8 Å². The van der Waals surface area contributed by atoms with Gasteiger partial charge in [0.15, 0.2) is 0 Å². The van der Waals surface area contributed by atoms with Crippen LogP contribution < -0.4 is 10.8 Å². The highest BCUT2D eigenvalue weighted by atomic mass is 32.1. The van der Waals surface area contributed by atoms with Gasteiger partial charge in [-0.05, 0) is 44.1 Å². The SMILES string of the molecule is C=c1/c(=C\C2C=C(C)C(N(C)C)=CC2)oc(=S)n1CC. The highest BCUT2D eigenvalue weighted by Crippen LogP contribution is 2.24. The third-order valence-corrected chi connectivity index (χ3v) is 3.95. The van der Waals surface area contributed by atoms with Crippen molar-refractivity contribution >= 4 is 24.9 Å². The van der Waals surface area contributed by atoms with Crippen LogP contribution in [0.25, 0.3) is 12.7 Å². The van der Waals surface area contributed by atoms with Crippen molar-refractivity contribution in [1.29, 1.82) is 0 Å². The maximum absolute atomic E-state index is 5.65. The second kappa shape index (κ2) is 5.83. The monoisotopic (exact) mass is 290 g/mol. The number of allylic oxidation sites excluding steroid dienone is 3. The summed E-state index contributed by atoms with van der Waals surface area (Å²) in [7, 11) is 4.14. The average molecular weight is 290 g/mol. The molecule has 0 spiro atoms. The molecule has 0 aromatic carbocycles. The first-order valence-electron chi connectivity index (χ1n) is 6.90. The minimum atomic E-state index is 0.338. The number of likely N-dealkylation sites (N-methyl/N-ethyl adjacent to an activating group) is 1. The van der Waals surface area contributed by atoms with Gasteiger partial charge >= 0.3 is 0 Å². The Morgan fingerprint density at radius 1 is 1.55 bits per heavy atom. The van der Waals surface area contributed by atoms with Gasteiger partial charge in [-0.1, -0.05) is 18.7 Å². The highest BCUT2D eigenvalue weighted by molar-refractivity contribution is 7.71. The fourth-order valence-electron chi connectivity index (χ4n) is 2.63. The maximum Gasteiger partial charge on any atom is 0.269 e. The van der Waals surface area contributed by atoms with Crippen LogP contribution in [0.15, 0.2) is 27.8 Å². The van der Waals surface area contributed by atoms with E-state index < -0.39 is 0 Å². The fraction of sp³-hybridized carbons (Fsp3) is 0.438. The van der Waals surface area contributed by atoms with Crippen molar-refractivity contribution in [1.82, 2.24) is 9.47 Å². The topological polar surface area (TPSA) is 21.3 Å². The van der Waals surface area contributed by atoms with Crippen molar-refractivity contribution in [3.63, 3.8) is 0 Å². The molecule has 20 heavy (non-hydrogen) atoms. The minimum absolute atomic E-state index is 0.338. The van der Waals surface area contributed by atoms with Crippen molar-refractivity contribution in [2.75, 3.05) is 14.1 Å². The predicted molar refractivity (Wildman–Crippen MR) is 86.1 cm³/mol. The van der Waals surface area contributed by atoms with Crippen LogP contribution >= 0.6 is 12.2 Å². The number of rotatable bonds is 3. The van der Waals surface area contributed by atoms with Crippen LogP contribution in [0.3, 0.4) is 0 Å². The molecule has 0 saturated heterocycles. The van der Waals surface area contributed by atoms with Gasteiger partial charge in [0.05, 0.1) is 5.35 Å². The summed E-state index contributed by atoms with van der Waals surface area (Å²) in [6.45, 7) is 9.04. The van der Waals surface area contributed by atoms with E-state index in [1.165, 1.54) is 11.3 Å². The number of oxazole rings is 1. The lowest BCUT2D eigenvalue weighted by Gasteiger charge is -2.23. The molecule has 1 aromatic rings. The summed E-state index contributed by atoms with van der Waals surface area (Å²) in [5.74, 6) is 0.338. The highest BCUT2D eigenvalue weighted by Gasteiger charge is 2.13. The van der Waals surface area contributed by atoms with E-state index in [4.69, 9.17) is 16.6 Å². The zero-order valence-electron chi connectivity index (χ0n) is 12.6. The predicted octanol–water partition coefficient (Wildman–Crippen LogP) is 2.43. The first-order chi connectivity index (χ1) is 9.43. The minimum Gasteiger partial charge on any atom is -0.430 e. The Labute approximate surface area is 125 Å². The third-order valence-electron chi connectivity index (χ3n) is 3.64. The first kappa shape index (κ1) is 14.9. The summed E-state index contributed by atoms with van der Waals surface area (Å²) in [6, 6.07) is 0. The Morgan fingerprint density at radius 3 is 2.75 bits per heavy atom. The van der Waals surface area contributed by atoms with Crippen LogP contribution in [0, 0.1) is 10.8 Å². The van der Waals surface area contributed by atoms with Gasteiger partial charge in [0.2, 0.25) is 0 Å². The molecule has 1 aliphatic rings. The Bertz CT molecular complexity index is 719. The molecule has 0 saturated carbocycles. The van der Waals surface area contributed by atoms with E-state index in [1.54, 1.807) is 0 Å². The first-order valence-corrected chi connectivity index (χ1v) is 7.31. The van der Waals surface area contributed by atoms with E-state index in [2.05, 4.69) is 50.7 Å². The Morgan fingerprint density at radius 2 is 2.25 bits per heavy atom. The molecule has 4 heteroatoms. The molecule has 3 nitrogen and oxygen atoms in total. The largest absolute Gasteiger partial charge is 0.430 e. The molecule has 2 rings (SSSR count). The second-order valence-corrected chi connectivity index (χ2v) is 5.67. The molecular weight excluding hydrogens is 268 g/mol. The van der Waals surface area contributed by atoms with Crippen LogP contribution in [0.1, 0.15) is 20.3 Å². The molecule has 108 valence electrons. The Kier molecular flexibility index (Phi) is 4.33. The quantitative estimate of drug-likeness (QED) is 0.798. The molecule has 0 amide bonds. The van der Waals surface area contributed by atoms with Crippen molar-refractivity contribution in [2.45, 2.75) is 26.8 Å². The number of aromatic nitrogens is 1. The normalized spacial score (nSPS) is 19.8. The summed E-state index contributed by atoms with van der Waals surface area (Å²) in [6.07, 6.45) is 7.64. The molecule has 1 aliphatic carbocycles. The second-order valence-electron chi connectivity index (χ2n) is 5.32. The lowest BCUT2D eigenvalue weighted by atomic mass is 9.94. The van der Waals surface area contributed by atoms with Crippen molar-refractivity contribution in [2.24, 2.45) is 5.92 Å². The Hall–Kier alpha value is -1.55. The van der Waals surface area contributed by atoms with Crippen LogP contribution in [0.4, 0.5) is 0 Å². The number of hydrogen-bond acceptors (Lipinski definition) is 3. The van der Waals surface area contributed by atoms with Crippen LogP contribution in [0.5, 0.6) is 0 Å². The summed E-state index contributed by atoms with van der Waals surface area (Å²) in [5, 5.41) is 0.867. The van der Waals surface area contributed by atoms with Gasteiger partial charge in [-0.3, -0.25) is 0 Å². The lowest BCUT2D eigenvalue weighted by Crippen LogP contribution is -2.28. The molecule has 0 radical (unpaired) electrons. The molecule has 1 heterocycles. The van der Waals surface area contributed by atoms with E-state index in [9.17, 15) is 0 Å². The van der Waals surface area contributed by atoms with Gasteiger partial charge in [0, 0.05) is 32.3 Å². The van der Waals surface area contributed by atoms with E-state index in [-0.39, 0.29) is 0 Å². The van der Waals surface area contributed by atoms with Gasteiger partial charge in [-0.2, -0.15) is 0 Å². The summed E-state index contributed by atoms with van der Waals surface area (Å²) < 4.78 is 7.57. The smallest absolute Gasteiger partial charge is 0.269 e. The average Bonchev–Trinajstić information content (AvgIpc) is 2.63. The van der Waals surface area contributed by atoms with Gasteiger partial charge in [0.1, 0.15) is 5.42 Å². The molecular formula is C16H22N2OS. The van der Waals surface area contributed by atoms with E-state index in [1.807, 2.05) is 11.5 Å². The molecule has 1 unspecified atom stereocenters. The zero-order valence-corrected chi connectivity index (χ0v) is 13.5. The van der Waals surface area contributed by atoms with Crippen molar-refractivity contribution in [3.05, 3.63) is 39.0 Å². The van der Waals surface area contributed by atoms with Gasteiger partial charge in [0.25, 0.3) is 4.84 Å².